The summed E-state index contributed by atoms with van der Waals surface area (Å²) in [7, 11) is -5.10. The van der Waals surface area contributed by atoms with Gasteiger partial charge < -0.3 is 4.43 Å². The van der Waals surface area contributed by atoms with E-state index in [1.54, 1.807) is 0 Å². The van der Waals surface area contributed by atoms with Gasteiger partial charge in [-0.05, 0) is 17.1 Å². The summed E-state index contributed by atoms with van der Waals surface area (Å²) >= 11 is 0. The molecule has 1 unspecified atom stereocenters. The van der Waals surface area contributed by atoms with Crippen molar-refractivity contribution in [2.75, 3.05) is 0 Å². The van der Waals surface area contributed by atoms with Crippen LogP contribution in [0.5, 0.6) is 5.75 Å². The molecule has 0 spiro atoms. The van der Waals surface area contributed by atoms with Crippen LogP contribution in [0.4, 0.5) is 35.1 Å². The van der Waals surface area contributed by atoms with Gasteiger partial charge in [0, 0.05) is 17.5 Å². The molecule has 0 saturated heterocycles. The first-order valence-electron chi connectivity index (χ1n) is 14.4. The molecular formula is C32H33F8OSi2. The first-order valence-corrected chi connectivity index (χ1v) is 19.6. The Kier molecular flexibility index (Phi) is 9.66. The van der Waals surface area contributed by atoms with E-state index in [-0.39, 0.29) is 5.54 Å². The standard InChI is InChI=1S/C32H33F8OSi2/c1-6-42(7-2,8-3)14-15-43(18(4)5,17-19-12-10-9-11-13-19)41-32-30(39)24-23(29(38)31(32)40)25(34)20-16-21(33)26(35)28(37)22(20)27(24)36/h9-13,18H,6-8,14-15,17H2,1-5H3. The molecule has 4 aromatic carbocycles. The molecule has 4 aromatic rings. The van der Waals surface area contributed by atoms with Gasteiger partial charge in [0.1, 0.15) is 11.6 Å². The predicted molar refractivity (Wildman–Crippen MR) is 158 cm³/mol. The number of halogens is 8. The SMILES string of the molecule is CC[Si](CC)(CC)CC[Si](Cc1ccccc1)(Oc1c(F)c(F)c2c(F)c3[c]c(F)c(F)c(F)c3c(F)c2c1F)C(C)C. The fourth-order valence-electron chi connectivity index (χ4n) is 5.99. The molecule has 0 heterocycles. The van der Waals surface area contributed by atoms with Crippen molar-refractivity contribution in [1.29, 1.82) is 0 Å². The number of benzene rings is 4. The van der Waals surface area contributed by atoms with Crippen LogP contribution in [0.1, 0.15) is 40.2 Å². The summed E-state index contributed by atoms with van der Waals surface area (Å²) in [5, 5.41) is -5.75. The van der Waals surface area contributed by atoms with Gasteiger partial charge in [0.2, 0.25) is 5.82 Å². The van der Waals surface area contributed by atoms with Crippen LogP contribution < -0.4 is 4.43 Å². The van der Waals surface area contributed by atoms with Crippen LogP contribution in [0.15, 0.2) is 30.3 Å². The highest BCUT2D eigenvalue weighted by Gasteiger charge is 2.45. The van der Waals surface area contributed by atoms with Crippen molar-refractivity contribution < 1.29 is 39.5 Å². The zero-order valence-corrected chi connectivity index (χ0v) is 26.6. The molecule has 1 nitrogen and oxygen atoms in total. The van der Waals surface area contributed by atoms with Crippen LogP contribution in [0, 0.1) is 52.6 Å². The van der Waals surface area contributed by atoms with Crippen molar-refractivity contribution in [3.63, 3.8) is 0 Å². The second-order valence-corrected chi connectivity index (χ2v) is 21.5. The van der Waals surface area contributed by atoms with E-state index in [0.717, 1.165) is 29.7 Å². The van der Waals surface area contributed by atoms with Crippen LogP contribution in [0.3, 0.4) is 0 Å². The average Bonchev–Trinajstić information content (AvgIpc) is 2.99. The Labute approximate surface area is 248 Å². The monoisotopic (exact) mass is 641 g/mol. The van der Waals surface area contributed by atoms with Crippen molar-refractivity contribution in [1.82, 2.24) is 0 Å². The maximum Gasteiger partial charge on any atom is 0.258 e. The third-order valence-electron chi connectivity index (χ3n) is 9.28. The average molecular weight is 642 g/mol. The summed E-state index contributed by atoms with van der Waals surface area (Å²) < 4.78 is 127. The Morgan fingerprint density at radius 3 is 1.77 bits per heavy atom. The first-order chi connectivity index (χ1) is 20.3. The maximum atomic E-state index is 16.2. The summed E-state index contributed by atoms with van der Waals surface area (Å²) in [4.78, 5) is 0. The van der Waals surface area contributed by atoms with Crippen molar-refractivity contribution in [2.45, 2.75) is 76.4 Å². The summed E-state index contributed by atoms with van der Waals surface area (Å²) in [6, 6.07) is 15.1. The van der Waals surface area contributed by atoms with Gasteiger partial charge in [-0.2, -0.15) is 4.39 Å². The second kappa shape index (κ2) is 12.6. The summed E-state index contributed by atoms with van der Waals surface area (Å²) in [6.45, 7) is 10.1. The zero-order valence-electron chi connectivity index (χ0n) is 24.6. The second-order valence-electron chi connectivity index (χ2n) is 11.5. The summed E-state index contributed by atoms with van der Waals surface area (Å²) in [5.41, 5.74) is 0.574. The van der Waals surface area contributed by atoms with Gasteiger partial charge in [0.15, 0.2) is 34.8 Å². The van der Waals surface area contributed by atoms with Gasteiger partial charge >= 0.3 is 0 Å². The normalized spacial score (nSPS) is 13.7. The van der Waals surface area contributed by atoms with E-state index >= 15 is 22.0 Å². The van der Waals surface area contributed by atoms with E-state index < -0.39 is 90.2 Å². The fraction of sp³-hybridized carbons (Fsp3) is 0.375. The van der Waals surface area contributed by atoms with E-state index in [0.29, 0.717) is 12.1 Å². The molecule has 0 bridgehead atoms. The van der Waals surface area contributed by atoms with E-state index in [1.807, 2.05) is 44.2 Å². The smallest absolute Gasteiger partial charge is 0.258 e. The van der Waals surface area contributed by atoms with Gasteiger partial charge in [0.25, 0.3) is 8.32 Å². The molecule has 11 heteroatoms. The van der Waals surface area contributed by atoms with Gasteiger partial charge in [-0.15, -0.1) is 0 Å². The summed E-state index contributed by atoms with van der Waals surface area (Å²) in [5.74, 6) is -17.0. The molecule has 0 aliphatic carbocycles. The minimum Gasteiger partial charge on any atom is -0.539 e. The van der Waals surface area contributed by atoms with Crippen LogP contribution in [0.2, 0.25) is 35.8 Å². The molecule has 231 valence electrons. The minimum atomic E-state index is -3.32. The van der Waals surface area contributed by atoms with Gasteiger partial charge in [-0.1, -0.05) is 89.1 Å². The Balaban J connectivity index is 2.00. The molecular weight excluding hydrogens is 609 g/mol. The Hall–Kier alpha value is -2.93. The third kappa shape index (κ3) is 5.70. The summed E-state index contributed by atoms with van der Waals surface area (Å²) in [6.07, 6.45) is 0. The highest BCUT2D eigenvalue weighted by atomic mass is 28.4. The van der Waals surface area contributed by atoms with Crippen molar-refractivity contribution in [3.8, 4) is 5.75 Å². The quantitative estimate of drug-likeness (QED) is 0.0521. The number of fused-ring (bicyclic) bond motifs is 2. The third-order valence-corrected chi connectivity index (χ3v) is 20.4. The largest absolute Gasteiger partial charge is 0.539 e. The molecule has 0 aliphatic rings. The highest BCUT2D eigenvalue weighted by molar-refractivity contribution is 6.83. The van der Waals surface area contributed by atoms with Gasteiger partial charge in [-0.25, -0.2) is 30.7 Å². The predicted octanol–water partition coefficient (Wildman–Crippen LogP) is 10.9. The fourth-order valence-corrected chi connectivity index (χ4v) is 15.5. The molecule has 0 N–H and O–H groups in total. The van der Waals surface area contributed by atoms with Crippen LogP contribution in [0.25, 0.3) is 21.5 Å². The lowest BCUT2D eigenvalue weighted by Crippen LogP contribution is -2.50. The lowest BCUT2D eigenvalue weighted by Gasteiger charge is -2.39. The van der Waals surface area contributed by atoms with Crippen molar-refractivity contribution >= 4 is 37.9 Å². The van der Waals surface area contributed by atoms with Crippen molar-refractivity contribution in [3.05, 3.63) is 88.5 Å². The molecule has 0 aromatic heterocycles. The molecule has 1 radical (unpaired) electrons. The van der Waals surface area contributed by atoms with E-state index in [2.05, 4.69) is 20.8 Å². The molecule has 0 saturated carbocycles. The van der Waals surface area contributed by atoms with Crippen LogP contribution in [-0.4, -0.2) is 16.4 Å². The van der Waals surface area contributed by atoms with E-state index in [1.165, 1.54) is 6.07 Å². The lowest BCUT2D eigenvalue weighted by molar-refractivity contribution is 0.410. The first kappa shape index (κ1) is 33.0. The molecule has 0 aliphatic heterocycles. The zero-order chi connectivity index (χ0) is 31.9. The minimum absolute atomic E-state index is 0.259. The molecule has 1 atom stereocenters. The lowest BCUT2D eigenvalue weighted by atomic mass is 9.99. The Morgan fingerprint density at radius 2 is 1.21 bits per heavy atom. The van der Waals surface area contributed by atoms with Gasteiger partial charge in [-0.3, -0.25) is 0 Å². The van der Waals surface area contributed by atoms with Crippen molar-refractivity contribution in [2.24, 2.45) is 0 Å². The topological polar surface area (TPSA) is 9.23 Å². The van der Waals surface area contributed by atoms with Crippen LogP contribution in [-0.2, 0) is 6.04 Å². The molecule has 43 heavy (non-hydrogen) atoms. The number of hydrogen-bond acceptors (Lipinski definition) is 1. The molecule has 0 amide bonds. The Morgan fingerprint density at radius 1 is 0.651 bits per heavy atom. The highest BCUT2D eigenvalue weighted by Crippen LogP contribution is 2.44. The van der Waals surface area contributed by atoms with Crippen LogP contribution >= 0.6 is 0 Å². The Bertz CT molecular complexity index is 1650. The maximum absolute atomic E-state index is 16.2. The van der Waals surface area contributed by atoms with E-state index in [9.17, 15) is 13.2 Å². The molecule has 4 rings (SSSR count). The van der Waals surface area contributed by atoms with Gasteiger partial charge in [0.05, 0.1) is 24.2 Å². The van der Waals surface area contributed by atoms with E-state index in [4.69, 9.17) is 4.43 Å². The number of hydrogen-bond donors (Lipinski definition) is 0. The molecule has 0 fully saturated rings. The number of rotatable bonds is 11.